The predicted octanol–water partition coefficient (Wildman–Crippen LogP) is 2.73. The average Bonchev–Trinajstić information content (AvgIpc) is 2.29. The van der Waals surface area contributed by atoms with E-state index in [4.69, 9.17) is 0 Å². The highest BCUT2D eigenvalue weighted by molar-refractivity contribution is 5.85. The highest BCUT2D eigenvalue weighted by Crippen LogP contribution is 2.34. The summed E-state index contributed by atoms with van der Waals surface area (Å²) in [5.74, 6) is -2.06. The SMILES string of the molecule is COC(=O)C(C)(Nc1ccc(F)cc1)C(F)(F)F. The van der Waals surface area contributed by atoms with Gasteiger partial charge in [-0.25, -0.2) is 9.18 Å². The Hall–Kier alpha value is -1.79. The Morgan fingerprint density at radius 1 is 1.22 bits per heavy atom. The number of alkyl halides is 3. The van der Waals surface area contributed by atoms with Gasteiger partial charge in [0.25, 0.3) is 0 Å². The van der Waals surface area contributed by atoms with Gasteiger partial charge >= 0.3 is 12.1 Å². The molecule has 0 aliphatic rings. The number of carbonyl (C=O) groups is 1. The van der Waals surface area contributed by atoms with Crippen LogP contribution in [0.15, 0.2) is 24.3 Å². The zero-order valence-corrected chi connectivity index (χ0v) is 9.64. The van der Waals surface area contributed by atoms with Crippen LogP contribution in [0.3, 0.4) is 0 Å². The Bertz CT molecular complexity index is 430. The summed E-state index contributed by atoms with van der Waals surface area (Å²) in [5, 5.41) is 2.01. The third kappa shape index (κ3) is 2.72. The van der Waals surface area contributed by atoms with Crippen LogP contribution in [0.25, 0.3) is 0 Å². The van der Waals surface area contributed by atoms with Gasteiger partial charge in [0.2, 0.25) is 5.54 Å². The highest BCUT2D eigenvalue weighted by atomic mass is 19.4. The van der Waals surface area contributed by atoms with E-state index in [0.717, 1.165) is 31.4 Å². The predicted molar refractivity (Wildman–Crippen MR) is 56.5 cm³/mol. The highest BCUT2D eigenvalue weighted by Gasteiger charge is 2.58. The fourth-order valence-corrected chi connectivity index (χ4v) is 1.26. The normalized spacial score (nSPS) is 14.8. The number of esters is 1. The minimum absolute atomic E-state index is 0.0402. The van der Waals surface area contributed by atoms with E-state index >= 15 is 0 Å². The summed E-state index contributed by atoms with van der Waals surface area (Å²) in [6, 6.07) is 4.16. The lowest BCUT2D eigenvalue weighted by molar-refractivity contribution is -0.195. The van der Waals surface area contributed by atoms with Gasteiger partial charge in [0, 0.05) is 5.69 Å². The lowest BCUT2D eigenvalue weighted by Crippen LogP contribution is -2.56. The summed E-state index contributed by atoms with van der Waals surface area (Å²) in [5.41, 5.74) is -2.93. The second-order valence-corrected chi connectivity index (χ2v) is 3.75. The summed E-state index contributed by atoms with van der Waals surface area (Å²) in [7, 11) is 0.860. The average molecular weight is 265 g/mol. The van der Waals surface area contributed by atoms with Crippen LogP contribution < -0.4 is 5.32 Å². The van der Waals surface area contributed by atoms with E-state index < -0.39 is 23.5 Å². The molecule has 1 rings (SSSR count). The number of nitrogens with one attached hydrogen (secondary N) is 1. The molecule has 3 nitrogen and oxygen atoms in total. The molecule has 0 aliphatic carbocycles. The molecular formula is C11H11F4NO2. The van der Waals surface area contributed by atoms with E-state index in [1.54, 1.807) is 0 Å². The molecule has 0 radical (unpaired) electrons. The van der Waals surface area contributed by atoms with Crippen molar-refractivity contribution in [2.24, 2.45) is 0 Å². The first kappa shape index (κ1) is 14.3. The number of hydrogen-bond donors (Lipinski definition) is 1. The number of anilines is 1. The number of carbonyl (C=O) groups excluding carboxylic acids is 1. The smallest absolute Gasteiger partial charge is 0.422 e. The summed E-state index contributed by atoms with van der Waals surface area (Å²) in [4.78, 5) is 11.3. The Balaban J connectivity index is 3.07. The summed E-state index contributed by atoms with van der Waals surface area (Å²) >= 11 is 0. The van der Waals surface area contributed by atoms with E-state index in [9.17, 15) is 22.4 Å². The first-order chi connectivity index (χ1) is 8.20. The van der Waals surface area contributed by atoms with Crippen LogP contribution in [0, 0.1) is 5.82 Å². The lowest BCUT2D eigenvalue weighted by Gasteiger charge is -2.30. The Labute approximate surface area is 101 Å². The largest absolute Gasteiger partial charge is 0.467 e. The van der Waals surface area contributed by atoms with Crippen LogP contribution >= 0.6 is 0 Å². The quantitative estimate of drug-likeness (QED) is 0.674. The van der Waals surface area contributed by atoms with Crippen molar-refractivity contribution in [2.45, 2.75) is 18.6 Å². The van der Waals surface area contributed by atoms with Crippen LogP contribution in [-0.4, -0.2) is 24.8 Å². The van der Waals surface area contributed by atoms with Crippen LogP contribution in [0.2, 0.25) is 0 Å². The molecule has 1 aromatic carbocycles. The maximum atomic E-state index is 12.9. The fourth-order valence-electron chi connectivity index (χ4n) is 1.26. The molecule has 1 atom stereocenters. The molecule has 0 amide bonds. The van der Waals surface area contributed by atoms with Gasteiger partial charge in [-0.05, 0) is 31.2 Å². The zero-order chi connectivity index (χ0) is 14.0. The topological polar surface area (TPSA) is 38.3 Å². The van der Waals surface area contributed by atoms with E-state index in [1.807, 2.05) is 5.32 Å². The van der Waals surface area contributed by atoms with E-state index in [2.05, 4.69) is 4.74 Å². The van der Waals surface area contributed by atoms with Crippen molar-refractivity contribution in [2.75, 3.05) is 12.4 Å². The maximum absolute atomic E-state index is 12.9. The third-order valence-corrected chi connectivity index (χ3v) is 2.40. The van der Waals surface area contributed by atoms with Gasteiger partial charge in [-0.3, -0.25) is 0 Å². The van der Waals surface area contributed by atoms with Crippen molar-refractivity contribution in [3.63, 3.8) is 0 Å². The molecule has 1 unspecified atom stereocenters. The monoisotopic (exact) mass is 265 g/mol. The Morgan fingerprint density at radius 2 is 1.72 bits per heavy atom. The van der Waals surface area contributed by atoms with Crippen molar-refractivity contribution in [3.8, 4) is 0 Å². The van der Waals surface area contributed by atoms with E-state index in [0.29, 0.717) is 6.92 Å². The fraction of sp³-hybridized carbons (Fsp3) is 0.364. The van der Waals surface area contributed by atoms with Crippen molar-refractivity contribution >= 4 is 11.7 Å². The summed E-state index contributed by atoms with van der Waals surface area (Å²) in [6.07, 6.45) is -4.85. The number of rotatable bonds is 3. The van der Waals surface area contributed by atoms with Crippen LogP contribution in [0.1, 0.15) is 6.92 Å². The summed E-state index contributed by atoms with van der Waals surface area (Å²) < 4.78 is 55.4. The number of hydrogen-bond acceptors (Lipinski definition) is 3. The molecule has 1 N–H and O–H groups in total. The van der Waals surface area contributed by atoms with Gasteiger partial charge in [0.05, 0.1) is 7.11 Å². The van der Waals surface area contributed by atoms with Crippen LogP contribution in [-0.2, 0) is 9.53 Å². The zero-order valence-electron chi connectivity index (χ0n) is 9.64. The molecule has 0 fully saturated rings. The van der Waals surface area contributed by atoms with Gasteiger partial charge in [0.1, 0.15) is 5.82 Å². The molecule has 1 aromatic rings. The first-order valence-corrected chi connectivity index (χ1v) is 4.89. The standard InChI is InChI=1S/C11H11F4NO2/c1-10(9(17)18-2,11(13,14)15)16-8-5-3-7(12)4-6-8/h3-6,16H,1-2H3. The number of methoxy groups -OCH3 is 1. The molecular weight excluding hydrogens is 254 g/mol. The lowest BCUT2D eigenvalue weighted by atomic mass is 10.0. The van der Waals surface area contributed by atoms with E-state index in [-0.39, 0.29) is 5.69 Å². The van der Waals surface area contributed by atoms with Gasteiger partial charge in [0.15, 0.2) is 0 Å². The molecule has 0 spiro atoms. The first-order valence-electron chi connectivity index (χ1n) is 4.89. The molecule has 7 heteroatoms. The molecule has 100 valence electrons. The summed E-state index contributed by atoms with van der Waals surface area (Å²) in [6.45, 7) is 0.655. The van der Waals surface area contributed by atoms with Crippen LogP contribution in [0.5, 0.6) is 0 Å². The molecule has 0 aromatic heterocycles. The Kier molecular flexibility index (Phi) is 3.83. The molecule has 0 saturated heterocycles. The van der Waals surface area contributed by atoms with Crippen molar-refractivity contribution in [3.05, 3.63) is 30.1 Å². The number of benzene rings is 1. The van der Waals surface area contributed by atoms with Gasteiger partial charge in [-0.1, -0.05) is 0 Å². The minimum atomic E-state index is -4.85. The van der Waals surface area contributed by atoms with Crippen molar-refractivity contribution < 1.29 is 27.1 Å². The number of ether oxygens (including phenoxy) is 1. The van der Waals surface area contributed by atoms with Gasteiger partial charge in [-0.2, -0.15) is 13.2 Å². The second-order valence-electron chi connectivity index (χ2n) is 3.75. The van der Waals surface area contributed by atoms with Gasteiger partial charge in [-0.15, -0.1) is 0 Å². The molecule has 0 saturated carbocycles. The third-order valence-electron chi connectivity index (χ3n) is 2.40. The molecule has 0 heterocycles. The van der Waals surface area contributed by atoms with Gasteiger partial charge < -0.3 is 10.1 Å². The Morgan fingerprint density at radius 3 is 2.11 bits per heavy atom. The minimum Gasteiger partial charge on any atom is -0.467 e. The molecule has 0 bridgehead atoms. The maximum Gasteiger partial charge on any atom is 0.422 e. The van der Waals surface area contributed by atoms with Crippen LogP contribution in [0.4, 0.5) is 23.2 Å². The van der Waals surface area contributed by atoms with Crippen molar-refractivity contribution in [1.29, 1.82) is 0 Å². The number of halogens is 4. The molecule has 0 aliphatic heterocycles. The second kappa shape index (κ2) is 4.83. The van der Waals surface area contributed by atoms with E-state index in [1.165, 1.54) is 0 Å². The van der Waals surface area contributed by atoms with Crippen molar-refractivity contribution in [1.82, 2.24) is 0 Å². The molecule has 18 heavy (non-hydrogen) atoms.